The van der Waals surface area contributed by atoms with Crippen LogP contribution in [0.5, 0.6) is 0 Å². The van der Waals surface area contributed by atoms with Crippen molar-refractivity contribution in [3.63, 3.8) is 0 Å². The Morgan fingerprint density at radius 2 is 2.28 bits per heavy atom. The molecule has 1 heterocycles. The van der Waals surface area contributed by atoms with E-state index in [1.165, 1.54) is 25.9 Å². The minimum Gasteiger partial charge on any atom is -0.370 e. The van der Waals surface area contributed by atoms with Crippen molar-refractivity contribution < 1.29 is 0 Å². The molecule has 0 spiro atoms. The highest BCUT2D eigenvalue weighted by atomic mass is 127. The third-order valence-electron chi connectivity index (χ3n) is 2.99. The molecule has 0 bridgehead atoms. The normalized spacial score (nSPS) is 21.2. The van der Waals surface area contributed by atoms with Gasteiger partial charge in [0.1, 0.15) is 0 Å². The van der Waals surface area contributed by atoms with Crippen molar-refractivity contribution in [3.05, 3.63) is 12.2 Å². The SMILES string of the molecule is C=C(C)CN=C(N)NCCN1CCCC(C)C1.I. The molecule has 0 amide bonds. The molecule has 5 heteroatoms. The van der Waals surface area contributed by atoms with Gasteiger partial charge in [-0.1, -0.05) is 19.1 Å². The van der Waals surface area contributed by atoms with Crippen molar-refractivity contribution in [2.45, 2.75) is 26.7 Å². The monoisotopic (exact) mass is 366 g/mol. The summed E-state index contributed by atoms with van der Waals surface area (Å²) in [7, 11) is 0. The Morgan fingerprint density at radius 1 is 1.56 bits per heavy atom. The van der Waals surface area contributed by atoms with Crippen molar-refractivity contribution in [1.29, 1.82) is 0 Å². The van der Waals surface area contributed by atoms with Crippen LogP contribution in [0.3, 0.4) is 0 Å². The average molecular weight is 366 g/mol. The average Bonchev–Trinajstić information content (AvgIpc) is 2.26. The van der Waals surface area contributed by atoms with E-state index in [-0.39, 0.29) is 24.0 Å². The number of piperidine rings is 1. The molecule has 1 saturated heterocycles. The number of hydrogen-bond donors (Lipinski definition) is 2. The largest absolute Gasteiger partial charge is 0.370 e. The van der Waals surface area contributed by atoms with Crippen LogP contribution in [0, 0.1) is 5.92 Å². The molecule has 1 aliphatic heterocycles. The molecule has 3 N–H and O–H groups in total. The first kappa shape index (κ1) is 17.7. The fourth-order valence-electron chi connectivity index (χ4n) is 2.11. The summed E-state index contributed by atoms with van der Waals surface area (Å²) in [5.74, 6) is 1.36. The fourth-order valence-corrected chi connectivity index (χ4v) is 2.11. The fraction of sp³-hybridized carbons (Fsp3) is 0.769. The second-order valence-electron chi connectivity index (χ2n) is 5.13. The molecule has 0 radical (unpaired) electrons. The van der Waals surface area contributed by atoms with Crippen molar-refractivity contribution in [2.24, 2.45) is 16.6 Å². The summed E-state index contributed by atoms with van der Waals surface area (Å²) < 4.78 is 0. The predicted molar refractivity (Wildman–Crippen MR) is 89.6 cm³/mol. The van der Waals surface area contributed by atoms with E-state index < -0.39 is 0 Å². The molecule has 4 nitrogen and oxygen atoms in total. The molecule has 1 fully saturated rings. The zero-order valence-corrected chi connectivity index (χ0v) is 13.9. The Balaban J connectivity index is 0.00000289. The molecule has 1 rings (SSSR count). The van der Waals surface area contributed by atoms with Crippen LogP contribution in [0.4, 0.5) is 0 Å². The number of hydrogen-bond acceptors (Lipinski definition) is 2. The standard InChI is InChI=1S/C13H26N4.HI/c1-11(2)9-16-13(14)15-6-8-17-7-4-5-12(3)10-17;/h12H,1,4-10H2,2-3H3,(H3,14,15,16);1H. The van der Waals surface area contributed by atoms with Crippen molar-refractivity contribution in [3.8, 4) is 0 Å². The van der Waals surface area contributed by atoms with Crippen LogP contribution in [-0.2, 0) is 0 Å². The number of nitrogens with zero attached hydrogens (tertiary/aromatic N) is 2. The lowest BCUT2D eigenvalue weighted by Gasteiger charge is -2.30. The summed E-state index contributed by atoms with van der Waals surface area (Å²) >= 11 is 0. The zero-order chi connectivity index (χ0) is 12.7. The van der Waals surface area contributed by atoms with E-state index >= 15 is 0 Å². The van der Waals surface area contributed by atoms with Crippen LogP contribution >= 0.6 is 24.0 Å². The lowest BCUT2D eigenvalue weighted by atomic mass is 10.0. The second-order valence-corrected chi connectivity index (χ2v) is 5.13. The minimum atomic E-state index is 0. The minimum absolute atomic E-state index is 0. The van der Waals surface area contributed by atoms with Crippen LogP contribution in [0.1, 0.15) is 26.7 Å². The van der Waals surface area contributed by atoms with Gasteiger partial charge in [-0.15, -0.1) is 24.0 Å². The Bertz CT molecular complexity index is 278. The molecular formula is C13H27IN4. The van der Waals surface area contributed by atoms with Crippen molar-refractivity contribution in [1.82, 2.24) is 10.2 Å². The smallest absolute Gasteiger partial charge is 0.188 e. The quantitative estimate of drug-likeness (QED) is 0.338. The van der Waals surface area contributed by atoms with Crippen LogP contribution in [0.15, 0.2) is 17.1 Å². The summed E-state index contributed by atoms with van der Waals surface area (Å²) in [6, 6.07) is 0. The summed E-state index contributed by atoms with van der Waals surface area (Å²) in [5, 5.41) is 3.15. The van der Waals surface area contributed by atoms with E-state index in [2.05, 4.69) is 28.7 Å². The summed E-state index contributed by atoms with van der Waals surface area (Å²) in [6.07, 6.45) is 2.69. The van der Waals surface area contributed by atoms with Crippen LogP contribution in [-0.4, -0.2) is 43.6 Å². The van der Waals surface area contributed by atoms with E-state index in [1.54, 1.807) is 0 Å². The Morgan fingerprint density at radius 3 is 2.89 bits per heavy atom. The maximum Gasteiger partial charge on any atom is 0.188 e. The van der Waals surface area contributed by atoms with Crippen molar-refractivity contribution in [2.75, 3.05) is 32.7 Å². The summed E-state index contributed by atoms with van der Waals surface area (Å²) in [6.45, 7) is 13.0. The maximum absolute atomic E-state index is 5.74. The molecule has 0 aromatic carbocycles. The van der Waals surface area contributed by atoms with E-state index in [4.69, 9.17) is 5.73 Å². The zero-order valence-electron chi connectivity index (χ0n) is 11.6. The lowest BCUT2D eigenvalue weighted by molar-refractivity contribution is 0.187. The van der Waals surface area contributed by atoms with Crippen LogP contribution in [0.25, 0.3) is 0 Å². The van der Waals surface area contributed by atoms with Gasteiger partial charge in [-0.3, -0.25) is 0 Å². The molecule has 0 saturated carbocycles. The molecule has 18 heavy (non-hydrogen) atoms. The van der Waals surface area contributed by atoms with Gasteiger partial charge in [0.2, 0.25) is 0 Å². The van der Waals surface area contributed by atoms with Gasteiger partial charge in [0.05, 0.1) is 6.54 Å². The highest BCUT2D eigenvalue weighted by Gasteiger charge is 2.15. The number of nitrogens with one attached hydrogen (secondary N) is 1. The molecule has 0 aromatic heterocycles. The highest BCUT2D eigenvalue weighted by Crippen LogP contribution is 2.14. The first-order chi connectivity index (χ1) is 8.08. The van der Waals surface area contributed by atoms with Gasteiger partial charge >= 0.3 is 0 Å². The van der Waals surface area contributed by atoms with Gasteiger partial charge < -0.3 is 16.0 Å². The molecule has 0 aliphatic carbocycles. The van der Waals surface area contributed by atoms with E-state index in [1.807, 2.05) is 6.92 Å². The van der Waals surface area contributed by atoms with Gasteiger partial charge in [0.15, 0.2) is 5.96 Å². The summed E-state index contributed by atoms with van der Waals surface area (Å²) in [5.41, 5.74) is 6.77. The Kier molecular flexibility index (Phi) is 9.45. The van der Waals surface area contributed by atoms with Crippen molar-refractivity contribution >= 4 is 29.9 Å². The number of likely N-dealkylation sites (tertiary alicyclic amines) is 1. The molecule has 1 aliphatic rings. The number of aliphatic imine (C=N–C) groups is 1. The number of halogens is 1. The van der Waals surface area contributed by atoms with Gasteiger partial charge in [-0.25, -0.2) is 4.99 Å². The molecule has 1 atom stereocenters. The third-order valence-corrected chi connectivity index (χ3v) is 2.99. The molecule has 106 valence electrons. The number of guanidine groups is 1. The molecule has 0 aromatic rings. The summed E-state index contributed by atoms with van der Waals surface area (Å²) in [4.78, 5) is 6.68. The van der Waals surface area contributed by atoms with E-state index in [0.29, 0.717) is 12.5 Å². The Hall–Kier alpha value is -0.300. The first-order valence-corrected chi connectivity index (χ1v) is 6.48. The van der Waals surface area contributed by atoms with Gasteiger partial charge in [-0.2, -0.15) is 0 Å². The van der Waals surface area contributed by atoms with Crippen LogP contribution < -0.4 is 11.1 Å². The number of nitrogens with two attached hydrogens (primary N) is 1. The van der Waals surface area contributed by atoms with Gasteiger partial charge in [0, 0.05) is 19.6 Å². The van der Waals surface area contributed by atoms with Gasteiger partial charge in [-0.05, 0) is 32.2 Å². The maximum atomic E-state index is 5.74. The van der Waals surface area contributed by atoms with E-state index in [9.17, 15) is 0 Å². The highest BCUT2D eigenvalue weighted by molar-refractivity contribution is 14.0. The number of rotatable bonds is 5. The Labute approximate surface area is 128 Å². The second kappa shape index (κ2) is 9.61. The topological polar surface area (TPSA) is 53.6 Å². The lowest BCUT2D eigenvalue weighted by Crippen LogP contribution is -2.42. The van der Waals surface area contributed by atoms with E-state index in [0.717, 1.165) is 24.6 Å². The third kappa shape index (κ3) is 7.92. The van der Waals surface area contributed by atoms with Crippen LogP contribution in [0.2, 0.25) is 0 Å². The molecular weight excluding hydrogens is 339 g/mol. The molecule has 1 unspecified atom stereocenters. The first-order valence-electron chi connectivity index (χ1n) is 6.48. The predicted octanol–water partition coefficient (Wildman–Crippen LogP) is 1.82. The van der Waals surface area contributed by atoms with Gasteiger partial charge in [0.25, 0.3) is 0 Å².